The van der Waals surface area contributed by atoms with Gasteiger partial charge in [-0.05, 0) is 95.8 Å². The largest absolute Gasteiger partial charge is 0.488 e. The lowest BCUT2D eigenvalue weighted by molar-refractivity contribution is 0.0356. The quantitative estimate of drug-likeness (QED) is 0.139. The van der Waals surface area contributed by atoms with E-state index in [1.165, 1.54) is 22.3 Å². The van der Waals surface area contributed by atoms with Gasteiger partial charge in [0.05, 0.1) is 12.6 Å². The van der Waals surface area contributed by atoms with Crippen molar-refractivity contribution in [2.45, 2.75) is 25.9 Å². The topological polar surface area (TPSA) is 40.6 Å². The molecular formula is C42H33N3O. The predicted octanol–water partition coefficient (Wildman–Crippen LogP) is 11.3. The molecule has 0 radical (unpaired) electrons. The molecule has 0 aliphatic carbocycles. The van der Waals surface area contributed by atoms with Gasteiger partial charge in [-0.1, -0.05) is 103 Å². The number of nitriles is 1. The van der Waals surface area contributed by atoms with E-state index in [9.17, 15) is 5.26 Å². The van der Waals surface area contributed by atoms with Crippen molar-refractivity contribution in [2.75, 3.05) is 4.90 Å². The standard InChI is InChI=1S/C42H33N3O/c1-42(2)29-36(41(30-43)44-3)28-40(46-42)27-16-31-14-21-37(22-15-31)45(38-23-17-34(18-24-38)32-10-6-4-7-11-32)39-25-19-35(20-26-39)33-12-8-5-9-13-33/h4-28H,29H2,1-2H3. The number of benzene rings is 5. The molecule has 0 atom stereocenters. The summed E-state index contributed by atoms with van der Waals surface area (Å²) in [5, 5.41) is 9.40. The third-order valence-corrected chi connectivity index (χ3v) is 7.91. The Labute approximate surface area is 271 Å². The molecule has 4 heteroatoms. The molecule has 0 fully saturated rings. The van der Waals surface area contributed by atoms with Gasteiger partial charge < -0.3 is 9.64 Å². The summed E-state index contributed by atoms with van der Waals surface area (Å²) in [6.45, 7) is 11.3. The Morgan fingerprint density at radius 3 is 1.61 bits per heavy atom. The van der Waals surface area contributed by atoms with Crippen molar-refractivity contribution in [3.8, 4) is 28.3 Å². The predicted molar refractivity (Wildman–Crippen MR) is 188 cm³/mol. The van der Waals surface area contributed by atoms with Gasteiger partial charge >= 0.3 is 0 Å². The van der Waals surface area contributed by atoms with Crippen LogP contribution in [0.2, 0.25) is 0 Å². The van der Waals surface area contributed by atoms with Crippen LogP contribution in [0.5, 0.6) is 0 Å². The molecule has 0 saturated carbocycles. The van der Waals surface area contributed by atoms with Crippen LogP contribution in [-0.2, 0) is 4.74 Å². The zero-order valence-electron chi connectivity index (χ0n) is 25.9. The van der Waals surface area contributed by atoms with Crippen LogP contribution < -0.4 is 4.90 Å². The van der Waals surface area contributed by atoms with E-state index >= 15 is 0 Å². The lowest BCUT2D eigenvalue weighted by atomic mass is 9.93. The number of ether oxygens (including phenoxy) is 1. The smallest absolute Gasteiger partial charge is 0.265 e. The molecule has 222 valence electrons. The number of nitrogens with zero attached hydrogens (tertiary/aromatic N) is 3. The van der Waals surface area contributed by atoms with Crippen molar-refractivity contribution < 1.29 is 4.74 Å². The summed E-state index contributed by atoms with van der Waals surface area (Å²) in [6.07, 6.45) is 6.20. The van der Waals surface area contributed by atoms with E-state index in [4.69, 9.17) is 11.3 Å². The van der Waals surface area contributed by atoms with Gasteiger partial charge in [0.15, 0.2) is 0 Å². The van der Waals surface area contributed by atoms with Gasteiger partial charge in [-0.15, -0.1) is 0 Å². The van der Waals surface area contributed by atoms with Crippen molar-refractivity contribution in [1.29, 1.82) is 5.26 Å². The van der Waals surface area contributed by atoms with Crippen molar-refractivity contribution in [1.82, 2.24) is 0 Å². The van der Waals surface area contributed by atoms with E-state index in [-0.39, 0.29) is 5.70 Å². The maximum Gasteiger partial charge on any atom is 0.265 e. The molecule has 0 saturated heterocycles. The summed E-state index contributed by atoms with van der Waals surface area (Å²) in [7, 11) is 0. The van der Waals surface area contributed by atoms with Crippen molar-refractivity contribution in [3.05, 3.63) is 180 Å². The van der Waals surface area contributed by atoms with Crippen LogP contribution in [0.1, 0.15) is 25.8 Å². The highest BCUT2D eigenvalue weighted by atomic mass is 16.5. The Morgan fingerprint density at radius 2 is 1.15 bits per heavy atom. The molecule has 6 rings (SSSR count). The van der Waals surface area contributed by atoms with Crippen molar-refractivity contribution >= 4 is 23.1 Å². The van der Waals surface area contributed by atoms with Crippen LogP contribution in [0, 0.1) is 17.9 Å². The average molecular weight is 596 g/mol. The molecule has 1 aliphatic rings. The number of anilines is 3. The fourth-order valence-corrected chi connectivity index (χ4v) is 5.70. The Balaban J connectivity index is 1.32. The normalized spacial score (nSPS) is 14.8. The highest BCUT2D eigenvalue weighted by Crippen LogP contribution is 2.37. The first-order chi connectivity index (χ1) is 22.4. The maximum absolute atomic E-state index is 9.40. The minimum atomic E-state index is -0.507. The van der Waals surface area contributed by atoms with Crippen molar-refractivity contribution in [2.24, 2.45) is 0 Å². The molecular weight excluding hydrogens is 562 g/mol. The number of allylic oxidation sites excluding steroid dienone is 3. The summed E-state index contributed by atoms with van der Waals surface area (Å²) < 4.78 is 6.15. The molecule has 0 amide bonds. The highest BCUT2D eigenvalue weighted by Gasteiger charge is 2.27. The van der Waals surface area contributed by atoms with Crippen LogP contribution in [0.3, 0.4) is 0 Å². The highest BCUT2D eigenvalue weighted by molar-refractivity contribution is 5.80. The number of rotatable bonds is 7. The fraction of sp³-hybridized carbons (Fsp3) is 0.0952. The molecule has 1 aliphatic heterocycles. The first-order valence-electron chi connectivity index (χ1n) is 15.2. The Bertz CT molecular complexity index is 1890. The Morgan fingerprint density at radius 1 is 0.696 bits per heavy atom. The van der Waals surface area contributed by atoms with E-state index in [0.717, 1.165) is 22.6 Å². The first-order valence-corrected chi connectivity index (χ1v) is 15.2. The van der Waals surface area contributed by atoms with E-state index in [1.54, 1.807) is 6.08 Å². The molecule has 4 nitrogen and oxygen atoms in total. The monoisotopic (exact) mass is 595 g/mol. The molecule has 0 unspecified atom stereocenters. The first kappa shape index (κ1) is 29.9. The lowest BCUT2D eigenvalue weighted by Crippen LogP contribution is -2.27. The van der Waals surface area contributed by atoms with Crippen LogP contribution in [0.4, 0.5) is 17.1 Å². The summed E-state index contributed by atoms with van der Waals surface area (Å²) in [5.41, 5.74) is 9.18. The lowest BCUT2D eigenvalue weighted by Gasteiger charge is -2.32. The third-order valence-electron chi connectivity index (χ3n) is 7.91. The summed E-state index contributed by atoms with van der Waals surface area (Å²) in [4.78, 5) is 5.67. The molecule has 0 bridgehead atoms. The van der Waals surface area contributed by atoms with Crippen LogP contribution in [-0.4, -0.2) is 5.60 Å². The zero-order chi connectivity index (χ0) is 31.9. The van der Waals surface area contributed by atoms with Crippen LogP contribution in [0.15, 0.2) is 163 Å². The molecule has 0 spiro atoms. The van der Waals surface area contributed by atoms with E-state index in [1.807, 2.05) is 44.2 Å². The Kier molecular flexibility index (Phi) is 8.64. The molecule has 5 aromatic rings. The second-order valence-electron chi connectivity index (χ2n) is 11.8. The third kappa shape index (κ3) is 6.83. The van der Waals surface area contributed by atoms with Gasteiger partial charge in [-0.2, -0.15) is 0 Å². The number of hydrogen-bond acceptors (Lipinski definition) is 3. The van der Waals surface area contributed by atoms with Crippen LogP contribution >= 0.6 is 0 Å². The Hall–Kier alpha value is -6.10. The minimum Gasteiger partial charge on any atom is -0.488 e. The summed E-state index contributed by atoms with van der Waals surface area (Å²) in [5.74, 6) is 0.630. The van der Waals surface area contributed by atoms with Gasteiger partial charge in [0, 0.05) is 23.5 Å². The van der Waals surface area contributed by atoms with Gasteiger partial charge in [-0.25, -0.2) is 10.1 Å². The molecule has 5 aromatic carbocycles. The van der Waals surface area contributed by atoms with E-state index < -0.39 is 5.60 Å². The minimum absolute atomic E-state index is 0.111. The summed E-state index contributed by atoms with van der Waals surface area (Å²) >= 11 is 0. The van der Waals surface area contributed by atoms with Gasteiger partial charge in [0.1, 0.15) is 11.4 Å². The second kappa shape index (κ2) is 13.3. The molecule has 46 heavy (non-hydrogen) atoms. The summed E-state index contributed by atoms with van der Waals surface area (Å²) in [6, 6.07) is 48.6. The number of hydrogen-bond donors (Lipinski definition) is 0. The zero-order valence-corrected chi connectivity index (χ0v) is 25.9. The van der Waals surface area contributed by atoms with Crippen LogP contribution in [0.25, 0.3) is 33.2 Å². The second-order valence-corrected chi connectivity index (χ2v) is 11.8. The average Bonchev–Trinajstić information content (AvgIpc) is 3.09. The molecule has 0 N–H and O–H groups in total. The van der Waals surface area contributed by atoms with Gasteiger partial charge in [0.2, 0.25) is 0 Å². The fourth-order valence-electron chi connectivity index (χ4n) is 5.70. The maximum atomic E-state index is 9.40. The SMILES string of the molecule is [C-]#[N+]C(C#N)=C1C=C(C=Cc2ccc(N(c3ccc(-c4ccccc4)cc3)c3ccc(-c4ccccc4)cc3)cc2)OC(C)(C)C1. The van der Waals surface area contributed by atoms with Gasteiger partial charge in [0.25, 0.3) is 5.70 Å². The molecule has 1 heterocycles. The van der Waals surface area contributed by atoms with E-state index in [0.29, 0.717) is 17.8 Å². The molecule has 0 aromatic heterocycles. The van der Waals surface area contributed by atoms with Gasteiger partial charge in [-0.3, -0.25) is 0 Å². The van der Waals surface area contributed by atoms with Crippen molar-refractivity contribution in [3.63, 3.8) is 0 Å². The van der Waals surface area contributed by atoms with E-state index in [2.05, 4.69) is 131 Å².